The van der Waals surface area contributed by atoms with Crippen LogP contribution < -0.4 is 10.1 Å². The van der Waals surface area contributed by atoms with Crippen LogP contribution >= 0.6 is 11.3 Å². The Bertz CT molecular complexity index is 1070. The number of benzene rings is 1. The first kappa shape index (κ1) is 22.6. The van der Waals surface area contributed by atoms with E-state index in [4.69, 9.17) is 14.2 Å². The number of methoxy groups -OCH3 is 2. The van der Waals surface area contributed by atoms with Gasteiger partial charge in [-0.05, 0) is 18.1 Å². The molecule has 9 heteroatoms. The van der Waals surface area contributed by atoms with Crippen molar-refractivity contribution in [3.05, 3.63) is 52.2 Å². The largest absolute Gasteiger partial charge is 0.480 e. The van der Waals surface area contributed by atoms with Crippen LogP contribution in [0.25, 0.3) is 10.2 Å². The second-order valence-electron chi connectivity index (χ2n) is 7.60. The third kappa shape index (κ3) is 4.75. The molecule has 1 atom stereocenters. The van der Waals surface area contributed by atoms with E-state index in [0.29, 0.717) is 36.3 Å². The Morgan fingerprint density at radius 3 is 2.66 bits per heavy atom. The molecule has 0 radical (unpaired) electrons. The minimum absolute atomic E-state index is 0.0846. The van der Waals surface area contributed by atoms with Crippen molar-refractivity contribution in [1.29, 1.82) is 0 Å². The predicted octanol–water partition coefficient (Wildman–Crippen LogP) is 2.96. The first-order valence-corrected chi connectivity index (χ1v) is 11.4. The third-order valence-electron chi connectivity index (χ3n) is 5.60. The molecule has 1 aliphatic rings. The number of carbonyl (C=O) groups is 1. The maximum atomic E-state index is 13.2. The molecule has 3 heterocycles. The second-order valence-corrected chi connectivity index (χ2v) is 8.60. The normalized spacial score (nSPS) is 15.6. The van der Waals surface area contributed by atoms with E-state index in [1.54, 1.807) is 14.2 Å². The molecule has 1 fully saturated rings. The zero-order valence-electron chi connectivity index (χ0n) is 18.6. The smallest absolute Gasteiger partial charge is 0.261 e. The van der Waals surface area contributed by atoms with Crippen LogP contribution in [0.4, 0.5) is 0 Å². The van der Waals surface area contributed by atoms with Gasteiger partial charge in [0.2, 0.25) is 5.88 Å². The van der Waals surface area contributed by atoms with Crippen LogP contribution in [0, 0.1) is 6.92 Å². The molecular weight excluding hydrogens is 428 g/mol. The van der Waals surface area contributed by atoms with Crippen molar-refractivity contribution in [1.82, 2.24) is 20.2 Å². The first-order valence-electron chi connectivity index (χ1n) is 10.6. The standard InChI is InChI=1S/C23H28N4O4S/c1-15-19-22(30-3)25-18(14-29-2)26-23(19)32-20(15)21(28)24-13-17(16-7-5-4-6-8-16)27-9-11-31-12-10-27/h4-8,17H,9-14H2,1-3H3,(H,24,28). The zero-order chi connectivity index (χ0) is 22.5. The Labute approximate surface area is 191 Å². The third-order valence-corrected chi connectivity index (χ3v) is 6.79. The van der Waals surface area contributed by atoms with Gasteiger partial charge in [-0.2, -0.15) is 4.98 Å². The molecule has 32 heavy (non-hydrogen) atoms. The predicted molar refractivity (Wildman–Crippen MR) is 123 cm³/mol. The number of hydrogen-bond donors (Lipinski definition) is 1. The van der Waals surface area contributed by atoms with Gasteiger partial charge in [-0.1, -0.05) is 30.3 Å². The number of amides is 1. The number of nitrogens with one attached hydrogen (secondary N) is 1. The number of aryl methyl sites for hydroxylation is 1. The summed E-state index contributed by atoms with van der Waals surface area (Å²) in [5.41, 5.74) is 2.01. The summed E-state index contributed by atoms with van der Waals surface area (Å²) in [4.78, 5) is 25.9. The Morgan fingerprint density at radius 1 is 1.22 bits per heavy atom. The number of aromatic nitrogens is 2. The molecule has 1 N–H and O–H groups in total. The highest BCUT2D eigenvalue weighted by molar-refractivity contribution is 7.20. The summed E-state index contributed by atoms with van der Waals surface area (Å²) in [7, 11) is 3.16. The average molecular weight is 457 g/mol. The molecule has 0 aliphatic carbocycles. The monoisotopic (exact) mass is 456 g/mol. The van der Waals surface area contributed by atoms with Gasteiger partial charge in [-0.25, -0.2) is 4.98 Å². The lowest BCUT2D eigenvalue weighted by Gasteiger charge is -2.34. The maximum Gasteiger partial charge on any atom is 0.261 e. The van der Waals surface area contributed by atoms with Crippen molar-refractivity contribution in [2.75, 3.05) is 47.1 Å². The molecule has 2 aromatic heterocycles. The van der Waals surface area contributed by atoms with Crippen LogP contribution in [0.5, 0.6) is 5.88 Å². The summed E-state index contributed by atoms with van der Waals surface area (Å²) in [5, 5.41) is 3.92. The molecule has 4 rings (SSSR count). The lowest BCUT2D eigenvalue weighted by Crippen LogP contribution is -2.43. The Balaban J connectivity index is 1.57. The summed E-state index contributed by atoms with van der Waals surface area (Å²) < 4.78 is 16.1. The number of ether oxygens (including phenoxy) is 3. The second kappa shape index (κ2) is 10.4. The molecular formula is C23H28N4O4S. The average Bonchev–Trinajstić information content (AvgIpc) is 3.16. The summed E-state index contributed by atoms with van der Waals surface area (Å²) >= 11 is 1.35. The first-order chi connectivity index (χ1) is 15.6. The van der Waals surface area contributed by atoms with Crippen LogP contribution in [0.15, 0.2) is 30.3 Å². The Kier molecular flexibility index (Phi) is 7.31. The van der Waals surface area contributed by atoms with E-state index in [-0.39, 0.29) is 18.6 Å². The molecule has 0 saturated carbocycles. The molecule has 1 unspecified atom stereocenters. The van der Waals surface area contributed by atoms with Gasteiger partial charge in [0.1, 0.15) is 11.4 Å². The Hall–Kier alpha value is -2.59. The van der Waals surface area contributed by atoms with Gasteiger partial charge in [0, 0.05) is 26.7 Å². The topological polar surface area (TPSA) is 85.8 Å². The van der Waals surface area contributed by atoms with Crippen molar-refractivity contribution < 1.29 is 19.0 Å². The van der Waals surface area contributed by atoms with Gasteiger partial charge in [0.15, 0.2) is 5.82 Å². The number of nitrogens with zero attached hydrogens (tertiary/aromatic N) is 3. The highest BCUT2D eigenvalue weighted by Crippen LogP contribution is 2.35. The maximum absolute atomic E-state index is 13.2. The fourth-order valence-electron chi connectivity index (χ4n) is 3.99. The van der Waals surface area contributed by atoms with Gasteiger partial charge in [0.25, 0.3) is 5.91 Å². The van der Waals surface area contributed by atoms with Crippen LogP contribution in [0.2, 0.25) is 0 Å². The SMILES string of the molecule is COCc1nc(OC)c2c(C)c(C(=O)NCC(c3ccccc3)N3CCOCC3)sc2n1. The van der Waals surface area contributed by atoms with E-state index in [1.165, 1.54) is 16.9 Å². The number of morpholine rings is 1. The van der Waals surface area contributed by atoms with Crippen LogP contribution in [-0.4, -0.2) is 67.8 Å². The number of hydrogen-bond acceptors (Lipinski definition) is 8. The van der Waals surface area contributed by atoms with E-state index >= 15 is 0 Å². The quantitative estimate of drug-likeness (QED) is 0.558. The minimum atomic E-state index is -0.116. The van der Waals surface area contributed by atoms with Crippen LogP contribution in [0.1, 0.15) is 32.7 Å². The summed E-state index contributed by atoms with van der Waals surface area (Å²) in [6, 6.07) is 10.4. The molecule has 170 valence electrons. The van der Waals surface area contributed by atoms with E-state index in [2.05, 4.69) is 32.3 Å². The number of carbonyl (C=O) groups excluding carboxylic acids is 1. The summed E-state index contributed by atoms with van der Waals surface area (Å²) in [6.45, 7) is 5.78. The van der Waals surface area contributed by atoms with Gasteiger partial charge < -0.3 is 19.5 Å². The fourth-order valence-corrected chi connectivity index (χ4v) is 5.10. The number of thiophene rings is 1. The molecule has 1 aliphatic heterocycles. The van der Waals surface area contributed by atoms with Crippen molar-refractivity contribution in [3.63, 3.8) is 0 Å². The van der Waals surface area contributed by atoms with Crippen molar-refractivity contribution in [2.24, 2.45) is 0 Å². The van der Waals surface area contributed by atoms with Gasteiger partial charge in [-0.3, -0.25) is 9.69 Å². The van der Waals surface area contributed by atoms with E-state index in [1.807, 2.05) is 25.1 Å². The molecule has 1 saturated heterocycles. The Morgan fingerprint density at radius 2 is 1.97 bits per heavy atom. The van der Waals surface area contributed by atoms with Crippen molar-refractivity contribution >= 4 is 27.5 Å². The zero-order valence-corrected chi connectivity index (χ0v) is 19.4. The molecule has 0 spiro atoms. The molecule has 1 aromatic carbocycles. The van der Waals surface area contributed by atoms with Gasteiger partial charge in [-0.15, -0.1) is 11.3 Å². The van der Waals surface area contributed by atoms with Crippen molar-refractivity contribution in [3.8, 4) is 5.88 Å². The van der Waals surface area contributed by atoms with E-state index < -0.39 is 0 Å². The summed E-state index contributed by atoms with van der Waals surface area (Å²) in [5.74, 6) is 0.877. The lowest BCUT2D eigenvalue weighted by molar-refractivity contribution is 0.0162. The highest BCUT2D eigenvalue weighted by atomic mass is 32.1. The van der Waals surface area contributed by atoms with Gasteiger partial charge in [0.05, 0.1) is 36.6 Å². The van der Waals surface area contributed by atoms with Crippen molar-refractivity contribution in [2.45, 2.75) is 19.6 Å². The van der Waals surface area contributed by atoms with Gasteiger partial charge >= 0.3 is 0 Å². The molecule has 1 amide bonds. The van der Waals surface area contributed by atoms with E-state index in [0.717, 1.165) is 28.9 Å². The molecule has 0 bridgehead atoms. The van der Waals surface area contributed by atoms with Crippen LogP contribution in [-0.2, 0) is 16.1 Å². The number of rotatable bonds is 8. The fraction of sp³-hybridized carbons (Fsp3) is 0.435. The van der Waals surface area contributed by atoms with Crippen LogP contribution in [0.3, 0.4) is 0 Å². The minimum Gasteiger partial charge on any atom is -0.480 e. The number of fused-ring (bicyclic) bond motifs is 1. The highest BCUT2D eigenvalue weighted by Gasteiger charge is 2.25. The molecule has 3 aromatic rings. The lowest BCUT2D eigenvalue weighted by atomic mass is 10.0. The molecule has 8 nitrogen and oxygen atoms in total. The summed E-state index contributed by atoms with van der Waals surface area (Å²) in [6.07, 6.45) is 0. The van der Waals surface area contributed by atoms with E-state index in [9.17, 15) is 4.79 Å².